The van der Waals surface area contributed by atoms with Crippen LogP contribution in [0.25, 0.3) is 0 Å². The fourth-order valence-electron chi connectivity index (χ4n) is 2.18. The first kappa shape index (κ1) is 11.8. The molecule has 15 heavy (non-hydrogen) atoms. The molecule has 1 fully saturated rings. The van der Waals surface area contributed by atoms with E-state index in [1.165, 1.54) is 0 Å². The van der Waals surface area contributed by atoms with Crippen molar-refractivity contribution < 1.29 is 9.59 Å². The molecule has 0 radical (unpaired) electrons. The maximum atomic E-state index is 10.3. The molecule has 0 amide bonds. The summed E-state index contributed by atoms with van der Waals surface area (Å²) in [4.78, 5) is 28.1. The van der Waals surface area contributed by atoms with Gasteiger partial charge in [-0.3, -0.25) is 0 Å². The van der Waals surface area contributed by atoms with E-state index in [1.807, 2.05) is 6.92 Å². The standard InChI is InChI=1S/C11H16N2O2/c1-8-10(13-7-15)9(12-6-14)4-5-11(8,2)3/h8-10H,4-5H2,1-3H3. The van der Waals surface area contributed by atoms with Gasteiger partial charge in [-0.25, -0.2) is 14.6 Å². The highest BCUT2D eigenvalue weighted by Crippen LogP contribution is 2.42. The second-order valence-electron chi connectivity index (χ2n) is 4.81. The van der Waals surface area contributed by atoms with Crippen LogP contribution in [0.3, 0.4) is 0 Å². The van der Waals surface area contributed by atoms with Gasteiger partial charge in [0, 0.05) is 0 Å². The van der Waals surface area contributed by atoms with Gasteiger partial charge in [0.05, 0.1) is 12.1 Å². The van der Waals surface area contributed by atoms with Crippen molar-refractivity contribution in [2.24, 2.45) is 21.3 Å². The Hall–Kier alpha value is -1.24. The van der Waals surface area contributed by atoms with Crippen LogP contribution >= 0.6 is 0 Å². The molecule has 0 spiro atoms. The predicted octanol–water partition coefficient (Wildman–Crippen LogP) is 1.85. The van der Waals surface area contributed by atoms with Crippen LogP contribution in [0.1, 0.15) is 33.6 Å². The summed E-state index contributed by atoms with van der Waals surface area (Å²) < 4.78 is 0. The Morgan fingerprint density at radius 2 is 1.80 bits per heavy atom. The largest absolute Gasteiger partial charge is 0.235 e. The van der Waals surface area contributed by atoms with Gasteiger partial charge >= 0.3 is 0 Å². The van der Waals surface area contributed by atoms with Gasteiger partial charge in [-0.15, -0.1) is 0 Å². The molecule has 0 aromatic rings. The molecule has 0 aromatic heterocycles. The molecule has 4 nitrogen and oxygen atoms in total. The van der Waals surface area contributed by atoms with Crippen LogP contribution < -0.4 is 0 Å². The third-order valence-corrected chi connectivity index (χ3v) is 3.64. The first-order valence-electron chi connectivity index (χ1n) is 5.17. The van der Waals surface area contributed by atoms with Crippen LogP contribution in [0.2, 0.25) is 0 Å². The van der Waals surface area contributed by atoms with E-state index >= 15 is 0 Å². The normalized spacial score (nSPS) is 33.7. The van der Waals surface area contributed by atoms with Gasteiger partial charge in [0.2, 0.25) is 12.2 Å². The van der Waals surface area contributed by atoms with Crippen molar-refractivity contribution in [3.8, 4) is 0 Å². The minimum absolute atomic E-state index is 0.125. The minimum Gasteiger partial charge on any atom is -0.211 e. The number of aliphatic imine (C=N–C) groups is 2. The van der Waals surface area contributed by atoms with Crippen molar-refractivity contribution in [1.29, 1.82) is 0 Å². The van der Waals surface area contributed by atoms with Crippen molar-refractivity contribution in [3.63, 3.8) is 0 Å². The molecular weight excluding hydrogens is 192 g/mol. The molecule has 1 aliphatic carbocycles. The molecule has 1 rings (SSSR count). The van der Waals surface area contributed by atoms with E-state index in [4.69, 9.17) is 0 Å². The number of nitrogens with zero attached hydrogens (tertiary/aromatic N) is 2. The molecule has 3 unspecified atom stereocenters. The Bertz CT molecular complexity index is 325. The number of isocyanates is 2. The highest BCUT2D eigenvalue weighted by Gasteiger charge is 2.41. The first-order chi connectivity index (χ1) is 7.03. The number of hydrogen-bond acceptors (Lipinski definition) is 4. The molecule has 4 heteroatoms. The van der Waals surface area contributed by atoms with Crippen molar-refractivity contribution in [3.05, 3.63) is 0 Å². The van der Waals surface area contributed by atoms with Crippen molar-refractivity contribution in [2.75, 3.05) is 0 Å². The van der Waals surface area contributed by atoms with Gasteiger partial charge in [-0.05, 0) is 24.2 Å². The summed E-state index contributed by atoms with van der Waals surface area (Å²) in [6.07, 6.45) is 4.90. The molecule has 0 aromatic carbocycles. The van der Waals surface area contributed by atoms with E-state index < -0.39 is 0 Å². The van der Waals surface area contributed by atoms with Crippen molar-refractivity contribution in [1.82, 2.24) is 0 Å². The molecule has 0 aliphatic heterocycles. The Kier molecular flexibility index (Phi) is 3.57. The zero-order valence-corrected chi connectivity index (χ0v) is 9.36. The van der Waals surface area contributed by atoms with Crippen LogP contribution in [0.15, 0.2) is 9.98 Å². The van der Waals surface area contributed by atoms with E-state index in [0.717, 1.165) is 12.8 Å². The summed E-state index contributed by atoms with van der Waals surface area (Å²) in [6, 6.07) is -0.431. The van der Waals surface area contributed by atoms with Crippen LogP contribution in [-0.2, 0) is 9.59 Å². The molecule has 1 aliphatic rings. The summed E-state index contributed by atoms with van der Waals surface area (Å²) in [5.41, 5.74) is 0.125. The highest BCUT2D eigenvalue weighted by atomic mass is 16.1. The van der Waals surface area contributed by atoms with Gasteiger partial charge in [-0.2, -0.15) is 4.99 Å². The summed E-state index contributed by atoms with van der Waals surface area (Å²) >= 11 is 0. The lowest BCUT2D eigenvalue weighted by Gasteiger charge is -2.42. The summed E-state index contributed by atoms with van der Waals surface area (Å²) in [7, 11) is 0. The predicted molar refractivity (Wildman–Crippen MR) is 56.0 cm³/mol. The highest BCUT2D eigenvalue weighted by molar-refractivity contribution is 5.36. The fourth-order valence-corrected chi connectivity index (χ4v) is 2.18. The third-order valence-electron chi connectivity index (χ3n) is 3.64. The van der Waals surface area contributed by atoms with Crippen molar-refractivity contribution >= 4 is 12.2 Å². The first-order valence-corrected chi connectivity index (χ1v) is 5.17. The van der Waals surface area contributed by atoms with Crippen molar-refractivity contribution in [2.45, 2.75) is 45.7 Å². The van der Waals surface area contributed by atoms with Crippen LogP contribution in [0.5, 0.6) is 0 Å². The molecule has 82 valence electrons. The maximum absolute atomic E-state index is 10.3. The smallest absolute Gasteiger partial charge is 0.211 e. The molecule has 3 atom stereocenters. The molecule has 0 heterocycles. The Balaban J connectivity index is 2.97. The quantitative estimate of drug-likeness (QED) is 0.513. The molecule has 0 saturated heterocycles. The van der Waals surface area contributed by atoms with Gasteiger partial charge in [0.15, 0.2) is 0 Å². The maximum Gasteiger partial charge on any atom is 0.235 e. The fraction of sp³-hybridized carbons (Fsp3) is 0.818. The third kappa shape index (κ3) is 2.41. The summed E-state index contributed by atoms with van der Waals surface area (Å²) in [6.45, 7) is 6.33. The topological polar surface area (TPSA) is 58.9 Å². The van der Waals surface area contributed by atoms with Crippen LogP contribution in [-0.4, -0.2) is 24.2 Å². The minimum atomic E-state index is -0.229. The molecular formula is C11H16N2O2. The number of rotatable bonds is 2. The molecule has 1 saturated carbocycles. The average Bonchev–Trinajstić information content (AvgIpc) is 2.18. The van der Waals surface area contributed by atoms with E-state index in [9.17, 15) is 9.59 Å². The number of hydrogen-bond donors (Lipinski definition) is 0. The second kappa shape index (κ2) is 4.52. The molecule has 0 N–H and O–H groups in total. The van der Waals surface area contributed by atoms with E-state index in [2.05, 4.69) is 23.8 Å². The monoisotopic (exact) mass is 208 g/mol. The van der Waals surface area contributed by atoms with Gasteiger partial charge in [0.25, 0.3) is 0 Å². The van der Waals surface area contributed by atoms with Gasteiger partial charge < -0.3 is 0 Å². The lowest BCUT2D eigenvalue weighted by atomic mass is 9.66. The Labute approximate surface area is 89.5 Å². The van der Waals surface area contributed by atoms with Crippen LogP contribution in [0.4, 0.5) is 0 Å². The molecule has 0 bridgehead atoms. The number of carbonyl (C=O) groups excluding carboxylic acids is 2. The SMILES string of the molecule is CC1C(N=C=O)C(N=C=O)CCC1(C)C. The Morgan fingerprint density at radius 1 is 1.20 bits per heavy atom. The van der Waals surface area contributed by atoms with E-state index in [1.54, 1.807) is 12.2 Å². The lowest BCUT2D eigenvalue weighted by Crippen LogP contribution is -2.43. The lowest BCUT2D eigenvalue weighted by molar-refractivity contribution is 0.117. The van der Waals surface area contributed by atoms with Crippen LogP contribution in [0, 0.1) is 11.3 Å². The van der Waals surface area contributed by atoms with E-state index in [-0.39, 0.29) is 23.4 Å². The van der Waals surface area contributed by atoms with Gasteiger partial charge in [0.1, 0.15) is 0 Å². The van der Waals surface area contributed by atoms with E-state index in [0.29, 0.717) is 0 Å². The summed E-state index contributed by atoms with van der Waals surface area (Å²) in [5, 5.41) is 0. The second-order valence-corrected chi connectivity index (χ2v) is 4.81. The average molecular weight is 208 g/mol. The Morgan fingerprint density at radius 3 is 2.33 bits per heavy atom. The zero-order chi connectivity index (χ0) is 11.5. The van der Waals surface area contributed by atoms with Gasteiger partial charge in [-0.1, -0.05) is 20.8 Å². The summed E-state index contributed by atoms with van der Waals surface area (Å²) in [5.74, 6) is 0.217. The zero-order valence-electron chi connectivity index (χ0n) is 9.36.